The van der Waals surface area contributed by atoms with Crippen molar-refractivity contribution in [3.05, 3.63) is 12.4 Å². The third kappa shape index (κ3) is 5.95. The number of aryl methyl sites for hydroxylation is 1. The van der Waals surface area contributed by atoms with Crippen molar-refractivity contribution in [3.63, 3.8) is 0 Å². The fraction of sp³-hybridized carbons (Fsp3) is 0.696. The Morgan fingerprint density at radius 1 is 1.21 bits per heavy atom. The molecule has 1 saturated heterocycles. The van der Waals surface area contributed by atoms with Crippen molar-refractivity contribution in [2.75, 3.05) is 30.3 Å². The van der Waals surface area contributed by atoms with Crippen molar-refractivity contribution in [3.8, 4) is 0 Å². The van der Waals surface area contributed by atoms with Crippen LogP contribution in [-0.2, 0) is 16.1 Å². The average Bonchev–Trinajstić information content (AvgIpc) is 3.26. The van der Waals surface area contributed by atoms with Gasteiger partial charge < -0.3 is 14.2 Å². The molecule has 0 aromatic carbocycles. The lowest BCUT2D eigenvalue weighted by Crippen LogP contribution is -2.38. The molecule has 0 aliphatic carbocycles. The average molecular weight is 505 g/mol. The standard InChI is InChI=1S/C23H32F4N4O2S/c1-4-7-8-16(5-2)13-33-19(32)9-10-34-21-28-11-17-20(29-21)18(12-30(17)6-3)31-14-22(24,25)23(26,27)15-31/h11-12,16H,4-10,13-15H2,1-3H3. The van der Waals surface area contributed by atoms with E-state index >= 15 is 0 Å². The minimum absolute atomic E-state index is 0.184. The summed E-state index contributed by atoms with van der Waals surface area (Å²) in [5, 5.41) is 0.350. The topological polar surface area (TPSA) is 60.2 Å². The number of unbranched alkanes of at least 4 members (excludes halogenated alkanes) is 1. The Bertz CT molecular complexity index is 969. The van der Waals surface area contributed by atoms with Gasteiger partial charge in [0.15, 0.2) is 5.16 Å². The molecule has 6 nitrogen and oxygen atoms in total. The molecule has 1 aliphatic rings. The molecule has 3 heterocycles. The Hall–Kier alpha value is -2.04. The van der Waals surface area contributed by atoms with E-state index in [4.69, 9.17) is 4.74 Å². The summed E-state index contributed by atoms with van der Waals surface area (Å²) in [5.74, 6) is -7.74. The maximum absolute atomic E-state index is 13.8. The van der Waals surface area contributed by atoms with E-state index < -0.39 is 24.9 Å². The first kappa shape index (κ1) is 26.6. The van der Waals surface area contributed by atoms with Crippen LogP contribution in [0, 0.1) is 5.92 Å². The summed E-state index contributed by atoms with van der Waals surface area (Å²) in [5.41, 5.74) is 1.16. The molecule has 0 radical (unpaired) electrons. The molecule has 1 fully saturated rings. The van der Waals surface area contributed by atoms with Gasteiger partial charge in [-0.2, -0.15) is 17.6 Å². The zero-order valence-corrected chi connectivity index (χ0v) is 20.6. The van der Waals surface area contributed by atoms with Crippen LogP contribution in [0.2, 0.25) is 0 Å². The highest BCUT2D eigenvalue weighted by Gasteiger charge is 2.63. The number of nitrogens with zero attached hydrogens (tertiary/aromatic N) is 4. The van der Waals surface area contributed by atoms with Gasteiger partial charge in [-0.3, -0.25) is 4.79 Å². The first-order valence-electron chi connectivity index (χ1n) is 11.8. The fourth-order valence-electron chi connectivity index (χ4n) is 3.94. The lowest BCUT2D eigenvalue weighted by molar-refractivity contribution is -0.172. The molecule has 1 unspecified atom stereocenters. The molecule has 1 aliphatic heterocycles. The summed E-state index contributed by atoms with van der Waals surface area (Å²) < 4.78 is 62.3. The van der Waals surface area contributed by atoms with Gasteiger partial charge in [0.1, 0.15) is 5.52 Å². The van der Waals surface area contributed by atoms with E-state index in [1.165, 1.54) is 11.8 Å². The molecule has 2 aromatic heterocycles. The molecule has 2 aromatic rings. The lowest BCUT2D eigenvalue weighted by atomic mass is 10.0. The minimum atomic E-state index is -4.11. The quantitative estimate of drug-likeness (QED) is 0.158. The smallest absolute Gasteiger partial charge is 0.329 e. The zero-order chi connectivity index (χ0) is 24.9. The van der Waals surface area contributed by atoms with Crippen LogP contribution in [-0.4, -0.2) is 57.8 Å². The van der Waals surface area contributed by atoms with Crippen LogP contribution in [0.15, 0.2) is 17.6 Å². The molecule has 34 heavy (non-hydrogen) atoms. The van der Waals surface area contributed by atoms with Crippen molar-refractivity contribution in [1.82, 2.24) is 14.5 Å². The number of fused-ring (bicyclic) bond motifs is 1. The molecule has 0 amide bonds. The highest BCUT2D eigenvalue weighted by molar-refractivity contribution is 7.99. The molecule has 3 rings (SSSR count). The number of hydrogen-bond donors (Lipinski definition) is 0. The number of ether oxygens (including phenoxy) is 1. The van der Waals surface area contributed by atoms with E-state index in [-0.39, 0.29) is 18.1 Å². The van der Waals surface area contributed by atoms with Gasteiger partial charge in [-0.15, -0.1) is 0 Å². The largest absolute Gasteiger partial charge is 0.465 e. The van der Waals surface area contributed by atoms with Gasteiger partial charge in [0.25, 0.3) is 0 Å². The number of anilines is 1. The van der Waals surface area contributed by atoms with Gasteiger partial charge in [0.05, 0.1) is 43.5 Å². The highest BCUT2D eigenvalue weighted by atomic mass is 32.2. The molecule has 1 atom stereocenters. The summed E-state index contributed by atoms with van der Waals surface area (Å²) in [7, 11) is 0. The Morgan fingerprint density at radius 3 is 2.53 bits per heavy atom. The number of hydrogen-bond acceptors (Lipinski definition) is 6. The van der Waals surface area contributed by atoms with Crippen LogP contribution in [0.3, 0.4) is 0 Å². The molecule has 0 saturated carbocycles. The zero-order valence-electron chi connectivity index (χ0n) is 19.8. The minimum Gasteiger partial charge on any atom is -0.465 e. The van der Waals surface area contributed by atoms with Gasteiger partial charge in [-0.25, -0.2) is 9.97 Å². The maximum atomic E-state index is 13.8. The summed E-state index contributed by atoms with van der Waals surface area (Å²) in [6, 6.07) is 0. The van der Waals surface area contributed by atoms with Crippen LogP contribution in [0.25, 0.3) is 11.0 Å². The summed E-state index contributed by atoms with van der Waals surface area (Å²) >= 11 is 1.24. The number of esters is 1. The predicted molar refractivity (Wildman–Crippen MR) is 125 cm³/mol. The van der Waals surface area contributed by atoms with Crippen LogP contribution in [0.5, 0.6) is 0 Å². The fourth-order valence-corrected chi connectivity index (χ4v) is 4.68. The Labute approximate surface area is 201 Å². The second-order valence-electron chi connectivity index (χ2n) is 8.65. The molecule has 0 spiro atoms. The van der Waals surface area contributed by atoms with Gasteiger partial charge in [-0.05, 0) is 19.3 Å². The van der Waals surface area contributed by atoms with Gasteiger partial charge in [-0.1, -0.05) is 44.9 Å². The summed E-state index contributed by atoms with van der Waals surface area (Å²) in [6.07, 6.45) is 7.52. The van der Waals surface area contributed by atoms with Gasteiger partial charge >= 0.3 is 17.8 Å². The third-order valence-corrected chi connectivity index (χ3v) is 7.00. The molecular weight excluding hydrogens is 472 g/mol. The Kier molecular flexibility index (Phi) is 8.70. The van der Waals surface area contributed by atoms with Crippen LogP contribution in [0.1, 0.15) is 52.9 Å². The summed E-state index contributed by atoms with van der Waals surface area (Å²) in [4.78, 5) is 21.8. The van der Waals surface area contributed by atoms with E-state index in [2.05, 4.69) is 23.8 Å². The van der Waals surface area contributed by atoms with Crippen molar-refractivity contribution in [2.24, 2.45) is 5.92 Å². The summed E-state index contributed by atoms with van der Waals surface area (Å²) in [6.45, 7) is 4.86. The number of alkyl halides is 4. The molecular formula is C23H32F4N4O2S. The van der Waals surface area contributed by atoms with E-state index in [1.807, 2.05) is 6.92 Å². The number of thioether (sulfide) groups is 1. The van der Waals surface area contributed by atoms with E-state index in [1.54, 1.807) is 17.0 Å². The van der Waals surface area contributed by atoms with Crippen LogP contribution in [0.4, 0.5) is 23.2 Å². The SMILES string of the molecule is CCCCC(CC)COC(=O)CCSc1ncc2c(n1)c(N1CC(F)(F)C(F)(F)C1)cn2CC. The number of rotatable bonds is 12. The first-order chi connectivity index (χ1) is 16.1. The van der Waals surface area contributed by atoms with Crippen molar-refractivity contribution in [2.45, 2.75) is 76.4 Å². The number of halogens is 4. The first-order valence-corrected chi connectivity index (χ1v) is 12.7. The lowest BCUT2D eigenvalue weighted by Gasteiger charge is -2.15. The normalized spacial score (nSPS) is 17.9. The van der Waals surface area contributed by atoms with E-state index in [9.17, 15) is 22.4 Å². The predicted octanol–water partition coefficient (Wildman–Crippen LogP) is 5.78. The van der Waals surface area contributed by atoms with E-state index in [0.29, 0.717) is 41.0 Å². The number of carbonyl (C=O) groups is 1. The maximum Gasteiger partial charge on any atom is 0.329 e. The second kappa shape index (κ2) is 11.1. The van der Waals surface area contributed by atoms with Crippen molar-refractivity contribution >= 4 is 34.5 Å². The number of carbonyl (C=O) groups excluding carboxylic acids is 1. The Morgan fingerprint density at radius 2 is 1.91 bits per heavy atom. The second-order valence-corrected chi connectivity index (χ2v) is 9.71. The van der Waals surface area contributed by atoms with Gasteiger partial charge in [0.2, 0.25) is 0 Å². The Balaban J connectivity index is 1.64. The molecule has 0 N–H and O–H groups in total. The van der Waals surface area contributed by atoms with Gasteiger partial charge in [0, 0.05) is 18.5 Å². The molecule has 0 bridgehead atoms. The van der Waals surface area contributed by atoms with Crippen molar-refractivity contribution in [1.29, 1.82) is 0 Å². The molecule has 11 heteroatoms. The highest BCUT2D eigenvalue weighted by Crippen LogP contribution is 2.44. The van der Waals surface area contributed by atoms with E-state index in [0.717, 1.165) is 30.6 Å². The van der Waals surface area contributed by atoms with Crippen LogP contribution < -0.4 is 4.90 Å². The molecule has 190 valence electrons. The monoisotopic (exact) mass is 504 g/mol. The van der Waals surface area contributed by atoms with Crippen molar-refractivity contribution < 1.29 is 27.1 Å². The van der Waals surface area contributed by atoms with Crippen LogP contribution >= 0.6 is 11.8 Å². The number of aromatic nitrogens is 3. The third-order valence-electron chi connectivity index (χ3n) is 6.13.